The van der Waals surface area contributed by atoms with Crippen molar-refractivity contribution in [2.45, 2.75) is 0 Å². The molecule has 0 fully saturated rings. The Balaban J connectivity index is 2.46. The third-order valence-electron chi connectivity index (χ3n) is 1.25. The molecule has 0 atom stereocenters. The molecule has 0 aliphatic heterocycles. The molecular weight excluding hydrogens is 140 g/mol. The zero-order chi connectivity index (χ0) is 7.52. The van der Waals surface area contributed by atoms with Crippen molar-refractivity contribution in [2.75, 3.05) is 0 Å². The van der Waals surface area contributed by atoms with Crippen LogP contribution >= 0.6 is 0 Å². The van der Waals surface area contributed by atoms with Gasteiger partial charge in [0.15, 0.2) is 5.82 Å². The van der Waals surface area contributed by atoms with E-state index in [9.17, 15) is 0 Å². The fraction of sp³-hybridized carbons (Fsp3) is 0. The molecule has 0 aromatic carbocycles. The molecule has 0 saturated heterocycles. The van der Waals surface area contributed by atoms with Gasteiger partial charge in [-0.1, -0.05) is 5.21 Å². The highest BCUT2D eigenvalue weighted by Gasteiger charge is 1.93. The normalized spacial score (nSPS) is 9.82. The van der Waals surface area contributed by atoms with E-state index in [0.29, 0.717) is 0 Å². The third kappa shape index (κ3) is 1.10. The van der Waals surface area contributed by atoms with Gasteiger partial charge in [-0.2, -0.15) is 0 Å². The summed E-state index contributed by atoms with van der Waals surface area (Å²) in [5, 5.41) is 7.43. The summed E-state index contributed by atoms with van der Waals surface area (Å²) in [6, 6.07) is 6.38. The van der Waals surface area contributed by atoms with Crippen LogP contribution < -0.4 is 0 Å². The largest absolute Gasteiger partial charge is 0.237 e. The number of rotatable bonds is 1. The maximum absolute atomic E-state index is 4.05. The Labute approximate surface area is 63.5 Å². The highest BCUT2D eigenvalue weighted by atomic mass is 15.4. The quantitative estimate of drug-likeness (QED) is 0.585. The van der Waals surface area contributed by atoms with Crippen LogP contribution in [0.3, 0.4) is 0 Å². The molecular formula is C7H5N4. The predicted molar refractivity (Wildman–Crippen MR) is 38.0 cm³/mol. The van der Waals surface area contributed by atoms with Gasteiger partial charge in [0, 0.05) is 6.20 Å². The van der Waals surface area contributed by atoms with E-state index in [1.165, 1.54) is 0 Å². The molecule has 4 nitrogen and oxygen atoms in total. The predicted octanol–water partition coefficient (Wildman–Crippen LogP) is 0.462. The maximum atomic E-state index is 4.05. The average Bonchev–Trinajstić information content (AvgIpc) is 2.58. The number of pyridine rings is 1. The molecule has 2 heterocycles. The molecule has 0 spiro atoms. The van der Waals surface area contributed by atoms with Crippen molar-refractivity contribution in [2.24, 2.45) is 0 Å². The summed E-state index contributed by atoms with van der Waals surface area (Å²) in [7, 11) is 0. The van der Waals surface area contributed by atoms with Crippen molar-refractivity contribution in [1.29, 1.82) is 0 Å². The summed E-state index contributed by atoms with van der Waals surface area (Å²) < 4.78 is 1.58. The highest BCUT2D eigenvalue weighted by Crippen LogP contribution is 1.96. The SMILES string of the molecule is [c]1ccnc(-n2ccnn2)c1. The molecule has 0 saturated carbocycles. The van der Waals surface area contributed by atoms with Crippen molar-refractivity contribution >= 4 is 0 Å². The van der Waals surface area contributed by atoms with Crippen LogP contribution in [0.2, 0.25) is 0 Å². The number of hydrogen-bond donors (Lipinski definition) is 0. The van der Waals surface area contributed by atoms with Gasteiger partial charge in [0.2, 0.25) is 0 Å². The van der Waals surface area contributed by atoms with Crippen molar-refractivity contribution in [3.8, 4) is 5.82 Å². The van der Waals surface area contributed by atoms with Gasteiger partial charge in [-0.3, -0.25) is 0 Å². The molecule has 0 aliphatic carbocycles. The summed E-state index contributed by atoms with van der Waals surface area (Å²) in [5.74, 6) is 0.727. The van der Waals surface area contributed by atoms with E-state index in [4.69, 9.17) is 0 Å². The van der Waals surface area contributed by atoms with Crippen LogP contribution in [0.25, 0.3) is 5.82 Å². The zero-order valence-electron chi connectivity index (χ0n) is 5.68. The van der Waals surface area contributed by atoms with Crippen molar-refractivity contribution in [1.82, 2.24) is 20.0 Å². The molecule has 1 radical (unpaired) electrons. The Morgan fingerprint density at radius 1 is 1.36 bits per heavy atom. The lowest BCUT2D eigenvalue weighted by Crippen LogP contribution is -1.96. The van der Waals surface area contributed by atoms with Crippen LogP contribution in [0.5, 0.6) is 0 Å². The molecule has 2 aromatic rings. The number of nitrogens with zero attached hydrogens (tertiary/aromatic N) is 4. The Morgan fingerprint density at radius 2 is 2.36 bits per heavy atom. The Morgan fingerprint density at radius 3 is 3.00 bits per heavy atom. The van der Waals surface area contributed by atoms with Gasteiger partial charge in [-0.15, -0.1) is 5.10 Å². The lowest BCUT2D eigenvalue weighted by molar-refractivity contribution is 0.781. The highest BCUT2D eigenvalue weighted by molar-refractivity contribution is 5.17. The summed E-state index contributed by atoms with van der Waals surface area (Å²) in [6.07, 6.45) is 5.00. The molecule has 2 aromatic heterocycles. The smallest absolute Gasteiger partial charge is 0.155 e. The Hall–Kier alpha value is -1.71. The first-order valence-corrected chi connectivity index (χ1v) is 3.15. The lowest BCUT2D eigenvalue weighted by atomic mass is 10.5. The van der Waals surface area contributed by atoms with E-state index in [2.05, 4.69) is 21.4 Å². The monoisotopic (exact) mass is 145 g/mol. The fourth-order valence-electron chi connectivity index (χ4n) is 0.772. The van der Waals surface area contributed by atoms with E-state index < -0.39 is 0 Å². The van der Waals surface area contributed by atoms with Crippen LogP contribution in [-0.2, 0) is 0 Å². The molecule has 0 N–H and O–H groups in total. The van der Waals surface area contributed by atoms with Crippen LogP contribution in [-0.4, -0.2) is 20.0 Å². The van der Waals surface area contributed by atoms with Gasteiger partial charge in [-0.25, -0.2) is 9.67 Å². The van der Waals surface area contributed by atoms with Crippen molar-refractivity contribution in [3.63, 3.8) is 0 Å². The van der Waals surface area contributed by atoms with Gasteiger partial charge in [0.25, 0.3) is 0 Å². The standard InChI is InChI=1S/C7H5N4/c1-2-4-8-7(3-1)11-6-5-9-10-11/h2-6H. The van der Waals surface area contributed by atoms with Crippen molar-refractivity contribution in [3.05, 3.63) is 36.8 Å². The second-order valence-corrected chi connectivity index (χ2v) is 1.96. The van der Waals surface area contributed by atoms with Crippen LogP contribution in [0, 0.1) is 6.07 Å². The summed E-state index contributed by atoms with van der Waals surface area (Å²) in [6.45, 7) is 0. The van der Waals surface area contributed by atoms with Crippen LogP contribution in [0.1, 0.15) is 0 Å². The molecule has 0 aliphatic rings. The van der Waals surface area contributed by atoms with E-state index in [1.807, 2.05) is 0 Å². The topological polar surface area (TPSA) is 43.6 Å². The van der Waals surface area contributed by atoms with E-state index in [-0.39, 0.29) is 0 Å². The summed E-state index contributed by atoms with van der Waals surface area (Å²) in [4.78, 5) is 4.05. The first kappa shape index (κ1) is 6.03. The van der Waals surface area contributed by atoms with Gasteiger partial charge >= 0.3 is 0 Å². The Bertz CT molecular complexity index is 313. The van der Waals surface area contributed by atoms with E-state index in [0.717, 1.165) is 5.82 Å². The van der Waals surface area contributed by atoms with Gasteiger partial charge < -0.3 is 0 Å². The fourth-order valence-corrected chi connectivity index (χ4v) is 0.772. The third-order valence-corrected chi connectivity index (χ3v) is 1.25. The minimum Gasteiger partial charge on any atom is -0.237 e. The number of aromatic nitrogens is 4. The van der Waals surface area contributed by atoms with Gasteiger partial charge in [-0.05, 0) is 18.2 Å². The average molecular weight is 145 g/mol. The van der Waals surface area contributed by atoms with Crippen LogP contribution in [0.15, 0.2) is 30.7 Å². The first-order chi connectivity index (χ1) is 5.47. The minimum absolute atomic E-state index is 0.727. The van der Waals surface area contributed by atoms with E-state index >= 15 is 0 Å². The molecule has 4 heteroatoms. The molecule has 0 unspecified atom stereocenters. The molecule has 2 rings (SSSR count). The van der Waals surface area contributed by atoms with E-state index in [1.54, 1.807) is 35.4 Å². The zero-order valence-corrected chi connectivity index (χ0v) is 5.68. The molecule has 11 heavy (non-hydrogen) atoms. The van der Waals surface area contributed by atoms with Crippen LogP contribution in [0.4, 0.5) is 0 Å². The maximum Gasteiger partial charge on any atom is 0.155 e. The minimum atomic E-state index is 0.727. The van der Waals surface area contributed by atoms with Crippen molar-refractivity contribution < 1.29 is 0 Å². The summed E-state index contributed by atoms with van der Waals surface area (Å²) in [5.41, 5.74) is 0. The molecule has 0 amide bonds. The number of hydrogen-bond acceptors (Lipinski definition) is 3. The van der Waals surface area contributed by atoms with Gasteiger partial charge in [0.1, 0.15) is 0 Å². The lowest BCUT2D eigenvalue weighted by Gasteiger charge is -1.94. The second-order valence-electron chi connectivity index (χ2n) is 1.96. The first-order valence-electron chi connectivity index (χ1n) is 3.15. The second kappa shape index (κ2) is 2.49. The van der Waals surface area contributed by atoms with Gasteiger partial charge in [0.05, 0.1) is 12.4 Å². The summed E-state index contributed by atoms with van der Waals surface area (Å²) >= 11 is 0. The molecule has 53 valence electrons. The molecule has 0 bridgehead atoms. The Kier molecular flexibility index (Phi) is 1.37.